The summed E-state index contributed by atoms with van der Waals surface area (Å²) in [4.78, 5) is 16.2. The molecule has 2 rings (SSSR count). The summed E-state index contributed by atoms with van der Waals surface area (Å²) in [6.07, 6.45) is 0. The molecule has 1 fully saturated rings. The number of carbonyl (C=O) groups excluding carboxylic acids is 1. The lowest BCUT2D eigenvalue weighted by atomic mass is 10.1. The topological polar surface area (TPSA) is 23.6 Å². The van der Waals surface area contributed by atoms with E-state index in [0.29, 0.717) is 23.1 Å². The van der Waals surface area contributed by atoms with E-state index in [1.165, 1.54) is 6.07 Å². The molecule has 3 nitrogen and oxygen atoms in total. The van der Waals surface area contributed by atoms with Crippen molar-refractivity contribution in [3.05, 3.63) is 33.5 Å². The summed E-state index contributed by atoms with van der Waals surface area (Å²) in [5.41, 5.74) is 0.869. The first kappa shape index (κ1) is 13.5. The second kappa shape index (κ2) is 5.36. The molecule has 0 radical (unpaired) electrons. The Kier molecular flexibility index (Phi) is 4.02. The Hall–Kier alpha value is -0.940. The van der Waals surface area contributed by atoms with Gasteiger partial charge in [0, 0.05) is 30.7 Å². The number of benzene rings is 1. The van der Waals surface area contributed by atoms with Crippen molar-refractivity contribution in [3.63, 3.8) is 0 Å². The largest absolute Gasteiger partial charge is 0.336 e. The van der Waals surface area contributed by atoms with Gasteiger partial charge in [-0.3, -0.25) is 4.79 Å². The highest BCUT2D eigenvalue weighted by Crippen LogP contribution is 2.21. The molecule has 1 amide bonds. The van der Waals surface area contributed by atoms with Crippen molar-refractivity contribution in [1.29, 1.82) is 0 Å². The minimum Gasteiger partial charge on any atom is -0.336 e. The lowest BCUT2D eigenvalue weighted by Gasteiger charge is -2.32. The summed E-state index contributed by atoms with van der Waals surface area (Å²) in [7, 11) is 2.02. The maximum atomic E-state index is 13.9. The van der Waals surface area contributed by atoms with E-state index < -0.39 is 5.82 Å². The highest BCUT2D eigenvalue weighted by atomic mass is 79.9. The molecule has 1 aromatic rings. The van der Waals surface area contributed by atoms with E-state index in [9.17, 15) is 9.18 Å². The van der Waals surface area contributed by atoms with Crippen LogP contribution in [0.4, 0.5) is 4.39 Å². The molecule has 1 aromatic carbocycles. The Morgan fingerprint density at radius 1 is 1.28 bits per heavy atom. The number of hydrogen-bond acceptors (Lipinski definition) is 2. The highest BCUT2D eigenvalue weighted by molar-refractivity contribution is 9.10. The zero-order valence-electron chi connectivity index (χ0n) is 10.5. The van der Waals surface area contributed by atoms with Gasteiger partial charge in [-0.1, -0.05) is 15.9 Å². The number of nitrogens with zero attached hydrogens (tertiary/aromatic N) is 2. The molecule has 18 heavy (non-hydrogen) atoms. The van der Waals surface area contributed by atoms with Crippen LogP contribution in [0.1, 0.15) is 15.9 Å². The molecule has 1 aliphatic rings. The molecule has 1 aliphatic heterocycles. The van der Waals surface area contributed by atoms with Gasteiger partial charge >= 0.3 is 0 Å². The number of hydrogen-bond donors (Lipinski definition) is 0. The SMILES string of the molecule is Cc1cc(Br)cc(F)c1C(=O)N1CCN(C)CC1. The van der Waals surface area contributed by atoms with Gasteiger partial charge in [-0.25, -0.2) is 4.39 Å². The zero-order chi connectivity index (χ0) is 13.3. The molecule has 0 spiro atoms. The van der Waals surface area contributed by atoms with Gasteiger partial charge in [0.15, 0.2) is 0 Å². The number of aryl methyl sites for hydroxylation is 1. The highest BCUT2D eigenvalue weighted by Gasteiger charge is 2.24. The molecular formula is C13H16BrFN2O. The predicted molar refractivity (Wildman–Crippen MR) is 72.2 cm³/mol. The summed E-state index contributed by atoms with van der Waals surface area (Å²) in [6, 6.07) is 3.11. The average molecular weight is 315 g/mol. The Labute approximate surface area is 115 Å². The van der Waals surface area contributed by atoms with Crippen LogP contribution in [0.2, 0.25) is 0 Å². The van der Waals surface area contributed by atoms with Crippen molar-refractivity contribution in [3.8, 4) is 0 Å². The van der Waals surface area contributed by atoms with Crippen LogP contribution in [0.25, 0.3) is 0 Å². The fourth-order valence-corrected chi connectivity index (χ4v) is 2.69. The summed E-state index contributed by atoms with van der Waals surface area (Å²) in [5, 5.41) is 0. The average Bonchev–Trinajstić information content (AvgIpc) is 2.28. The van der Waals surface area contributed by atoms with E-state index in [2.05, 4.69) is 20.8 Å². The summed E-state index contributed by atoms with van der Waals surface area (Å²) >= 11 is 3.23. The van der Waals surface area contributed by atoms with Crippen LogP contribution in [-0.2, 0) is 0 Å². The number of halogens is 2. The van der Waals surface area contributed by atoms with E-state index >= 15 is 0 Å². The summed E-state index contributed by atoms with van der Waals surface area (Å²) in [6.45, 7) is 4.75. The number of amides is 1. The van der Waals surface area contributed by atoms with Crippen LogP contribution in [0.5, 0.6) is 0 Å². The van der Waals surface area contributed by atoms with Gasteiger partial charge in [0.05, 0.1) is 5.56 Å². The third kappa shape index (κ3) is 2.72. The Bertz CT molecular complexity index is 447. The molecule has 0 aliphatic carbocycles. The van der Waals surface area contributed by atoms with Crippen molar-refractivity contribution in [2.45, 2.75) is 6.92 Å². The molecule has 1 saturated heterocycles. The van der Waals surface area contributed by atoms with Crippen molar-refractivity contribution >= 4 is 21.8 Å². The molecule has 0 aromatic heterocycles. The standard InChI is InChI=1S/C13H16BrFN2O/c1-9-7-10(14)8-11(15)12(9)13(18)17-5-3-16(2)4-6-17/h7-8H,3-6H2,1-2H3. The van der Waals surface area contributed by atoms with Gasteiger partial charge in [-0.05, 0) is 31.7 Å². The molecule has 0 unspecified atom stereocenters. The number of carbonyl (C=O) groups is 1. The fourth-order valence-electron chi connectivity index (χ4n) is 2.14. The van der Waals surface area contributed by atoms with Crippen LogP contribution in [0.15, 0.2) is 16.6 Å². The van der Waals surface area contributed by atoms with Gasteiger partial charge in [-0.15, -0.1) is 0 Å². The van der Waals surface area contributed by atoms with E-state index in [1.807, 2.05) is 7.05 Å². The Morgan fingerprint density at radius 3 is 2.44 bits per heavy atom. The van der Waals surface area contributed by atoms with E-state index in [1.54, 1.807) is 17.9 Å². The Morgan fingerprint density at radius 2 is 1.89 bits per heavy atom. The molecule has 0 bridgehead atoms. The molecule has 1 heterocycles. The quantitative estimate of drug-likeness (QED) is 0.794. The third-order valence-electron chi connectivity index (χ3n) is 3.26. The van der Waals surface area contributed by atoms with Crippen molar-refractivity contribution in [1.82, 2.24) is 9.80 Å². The summed E-state index contributed by atoms with van der Waals surface area (Å²) < 4.78 is 14.6. The van der Waals surface area contributed by atoms with Crippen LogP contribution in [0.3, 0.4) is 0 Å². The van der Waals surface area contributed by atoms with Crippen LogP contribution in [-0.4, -0.2) is 48.9 Å². The molecule has 0 N–H and O–H groups in total. The van der Waals surface area contributed by atoms with Crippen molar-refractivity contribution in [2.75, 3.05) is 33.2 Å². The van der Waals surface area contributed by atoms with Crippen molar-refractivity contribution < 1.29 is 9.18 Å². The molecule has 98 valence electrons. The maximum Gasteiger partial charge on any atom is 0.257 e. The number of likely N-dealkylation sites (N-methyl/N-ethyl adjacent to an activating group) is 1. The van der Waals surface area contributed by atoms with Crippen molar-refractivity contribution in [2.24, 2.45) is 0 Å². The lowest BCUT2D eigenvalue weighted by Crippen LogP contribution is -2.47. The van der Waals surface area contributed by atoms with E-state index in [4.69, 9.17) is 0 Å². The molecule has 5 heteroatoms. The number of piperazine rings is 1. The second-order valence-corrected chi connectivity index (χ2v) is 5.59. The summed E-state index contributed by atoms with van der Waals surface area (Å²) in [5.74, 6) is -0.656. The molecule has 0 saturated carbocycles. The smallest absolute Gasteiger partial charge is 0.257 e. The Balaban J connectivity index is 2.24. The first-order valence-electron chi connectivity index (χ1n) is 5.92. The van der Waals surface area contributed by atoms with Gasteiger partial charge in [0.1, 0.15) is 5.82 Å². The van der Waals surface area contributed by atoms with Crippen LogP contribution < -0.4 is 0 Å². The first-order valence-corrected chi connectivity index (χ1v) is 6.72. The van der Waals surface area contributed by atoms with E-state index in [-0.39, 0.29) is 11.5 Å². The second-order valence-electron chi connectivity index (χ2n) is 4.67. The predicted octanol–water partition coefficient (Wildman–Crippen LogP) is 2.28. The van der Waals surface area contributed by atoms with Crippen LogP contribution in [0, 0.1) is 12.7 Å². The van der Waals surface area contributed by atoms with Gasteiger partial charge in [0.25, 0.3) is 5.91 Å². The number of rotatable bonds is 1. The molecule has 0 atom stereocenters. The zero-order valence-corrected chi connectivity index (χ0v) is 12.1. The minimum absolute atomic E-state index is 0.197. The van der Waals surface area contributed by atoms with Gasteiger partial charge in [-0.2, -0.15) is 0 Å². The molecular weight excluding hydrogens is 299 g/mol. The van der Waals surface area contributed by atoms with Gasteiger partial charge in [0.2, 0.25) is 0 Å². The minimum atomic E-state index is -0.453. The first-order chi connectivity index (χ1) is 8.49. The third-order valence-corrected chi connectivity index (χ3v) is 3.71. The lowest BCUT2D eigenvalue weighted by molar-refractivity contribution is 0.0658. The van der Waals surface area contributed by atoms with E-state index in [0.717, 1.165) is 13.1 Å². The monoisotopic (exact) mass is 314 g/mol. The van der Waals surface area contributed by atoms with Gasteiger partial charge < -0.3 is 9.80 Å². The van der Waals surface area contributed by atoms with Crippen LogP contribution >= 0.6 is 15.9 Å². The normalized spacial score (nSPS) is 17.0. The fraction of sp³-hybridized carbons (Fsp3) is 0.462. The maximum absolute atomic E-state index is 13.9.